The van der Waals surface area contributed by atoms with Crippen LogP contribution in [0.3, 0.4) is 0 Å². The maximum atomic E-state index is 12.6. The molecule has 7 heteroatoms. The average molecular weight is 290 g/mol. The first-order valence-electron chi connectivity index (χ1n) is 6.16. The van der Waals surface area contributed by atoms with Crippen LogP contribution in [0.15, 0.2) is 12.1 Å². The van der Waals surface area contributed by atoms with Crippen LogP contribution in [0.2, 0.25) is 0 Å². The van der Waals surface area contributed by atoms with Crippen LogP contribution in [0.4, 0.5) is 13.2 Å². The summed E-state index contributed by atoms with van der Waals surface area (Å²) in [5, 5.41) is 0. The molecular weight excluding hydrogens is 273 g/mol. The van der Waals surface area contributed by atoms with E-state index < -0.39 is 17.8 Å². The van der Waals surface area contributed by atoms with E-state index in [-0.39, 0.29) is 17.5 Å². The zero-order chi connectivity index (χ0) is 15.5. The maximum absolute atomic E-state index is 12.6. The van der Waals surface area contributed by atoms with E-state index >= 15 is 0 Å². The van der Waals surface area contributed by atoms with Crippen LogP contribution < -0.4 is 10.5 Å². The number of carbonyl (C=O) groups excluding carboxylic acids is 1. The maximum Gasteiger partial charge on any atom is 0.433 e. The zero-order valence-corrected chi connectivity index (χ0v) is 11.5. The summed E-state index contributed by atoms with van der Waals surface area (Å²) in [4.78, 5) is 14.6. The van der Waals surface area contributed by atoms with Crippen molar-refractivity contribution in [3.63, 3.8) is 0 Å². The first-order chi connectivity index (χ1) is 9.11. The summed E-state index contributed by atoms with van der Waals surface area (Å²) in [6.07, 6.45) is -4.35. The van der Waals surface area contributed by atoms with E-state index in [1.807, 2.05) is 13.8 Å². The minimum Gasteiger partial charge on any atom is -0.474 e. The molecular formula is C13H17F3N2O2. The number of hydrogen-bond donors (Lipinski definition) is 1. The number of hydrogen-bond acceptors (Lipinski definition) is 3. The van der Waals surface area contributed by atoms with E-state index in [0.29, 0.717) is 18.4 Å². The molecule has 0 aromatic carbocycles. The van der Waals surface area contributed by atoms with E-state index in [1.54, 1.807) is 6.92 Å². The van der Waals surface area contributed by atoms with Crippen LogP contribution in [0.25, 0.3) is 0 Å². The lowest BCUT2D eigenvalue weighted by molar-refractivity contribution is -0.141. The van der Waals surface area contributed by atoms with Gasteiger partial charge in [-0.05, 0) is 31.4 Å². The molecule has 1 amide bonds. The lowest BCUT2D eigenvalue weighted by Crippen LogP contribution is -2.21. The molecule has 0 fully saturated rings. The van der Waals surface area contributed by atoms with Gasteiger partial charge in [-0.2, -0.15) is 13.2 Å². The highest BCUT2D eigenvalue weighted by atomic mass is 19.4. The van der Waals surface area contributed by atoms with E-state index in [9.17, 15) is 18.0 Å². The molecule has 0 radical (unpaired) electrons. The van der Waals surface area contributed by atoms with Gasteiger partial charge < -0.3 is 10.5 Å². The van der Waals surface area contributed by atoms with Crippen molar-refractivity contribution in [2.75, 3.05) is 0 Å². The topological polar surface area (TPSA) is 65.2 Å². The van der Waals surface area contributed by atoms with E-state index in [4.69, 9.17) is 10.5 Å². The third-order valence-electron chi connectivity index (χ3n) is 2.53. The minimum atomic E-state index is -4.60. The Bertz CT molecular complexity index is 487. The van der Waals surface area contributed by atoms with Crippen molar-refractivity contribution in [3.8, 4) is 5.88 Å². The van der Waals surface area contributed by atoms with Crippen molar-refractivity contribution >= 4 is 5.91 Å². The number of nitrogens with two attached hydrogens (primary N) is 1. The number of carbonyl (C=O) groups is 1. The van der Waals surface area contributed by atoms with Crippen molar-refractivity contribution in [1.29, 1.82) is 0 Å². The first kappa shape index (κ1) is 16.3. The Balaban J connectivity index is 3.09. The molecule has 1 aromatic rings. The first-order valence-corrected chi connectivity index (χ1v) is 6.16. The molecule has 0 aliphatic heterocycles. The van der Waals surface area contributed by atoms with Crippen LogP contribution in [0, 0.1) is 5.92 Å². The quantitative estimate of drug-likeness (QED) is 0.906. The van der Waals surface area contributed by atoms with Crippen molar-refractivity contribution in [3.05, 3.63) is 23.4 Å². The number of pyridine rings is 1. The van der Waals surface area contributed by atoms with Crippen molar-refractivity contribution in [1.82, 2.24) is 4.98 Å². The van der Waals surface area contributed by atoms with Crippen LogP contribution in [0.5, 0.6) is 5.88 Å². The summed E-state index contributed by atoms with van der Waals surface area (Å²) in [6, 6.07) is 1.69. The molecule has 1 unspecified atom stereocenters. The molecule has 0 aliphatic rings. The highest BCUT2D eigenvalue weighted by molar-refractivity contribution is 5.95. The Labute approximate surface area is 115 Å². The van der Waals surface area contributed by atoms with Gasteiger partial charge in [-0.1, -0.05) is 13.8 Å². The Morgan fingerprint density at radius 1 is 1.35 bits per heavy atom. The van der Waals surface area contributed by atoms with Gasteiger partial charge in [-0.25, -0.2) is 4.98 Å². The fourth-order valence-corrected chi connectivity index (χ4v) is 1.78. The van der Waals surface area contributed by atoms with Gasteiger partial charge in [0.05, 0.1) is 6.10 Å². The molecule has 0 saturated carbocycles. The predicted octanol–water partition coefficient (Wildman–Crippen LogP) is 3.01. The Kier molecular flexibility index (Phi) is 4.97. The Morgan fingerprint density at radius 3 is 2.40 bits per heavy atom. The van der Waals surface area contributed by atoms with Crippen molar-refractivity contribution in [2.45, 2.75) is 39.5 Å². The molecule has 1 heterocycles. The summed E-state index contributed by atoms with van der Waals surface area (Å²) in [7, 11) is 0. The number of nitrogens with zero attached hydrogens (tertiary/aromatic N) is 1. The van der Waals surface area contributed by atoms with Gasteiger partial charge in [0.15, 0.2) is 0 Å². The second-order valence-corrected chi connectivity index (χ2v) is 4.97. The number of amides is 1. The minimum absolute atomic E-state index is 0.159. The van der Waals surface area contributed by atoms with E-state index in [1.165, 1.54) is 0 Å². The lowest BCUT2D eigenvalue weighted by Gasteiger charge is -2.18. The normalized spacial score (nSPS) is 13.3. The molecule has 2 N–H and O–H groups in total. The fourth-order valence-electron chi connectivity index (χ4n) is 1.78. The molecule has 0 saturated heterocycles. The molecule has 20 heavy (non-hydrogen) atoms. The molecule has 1 atom stereocenters. The van der Waals surface area contributed by atoms with Crippen molar-refractivity contribution < 1.29 is 22.7 Å². The highest BCUT2D eigenvalue weighted by Gasteiger charge is 2.34. The molecule has 112 valence electrons. The molecule has 4 nitrogen and oxygen atoms in total. The van der Waals surface area contributed by atoms with Crippen LogP contribution >= 0.6 is 0 Å². The number of ether oxygens (including phenoxy) is 1. The number of aromatic nitrogens is 1. The molecule has 0 aliphatic carbocycles. The number of rotatable bonds is 5. The van der Waals surface area contributed by atoms with E-state index in [0.717, 1.165) is 6.07 Å². The van der Waals surface area contributed by atoms with Gasteiger partial charge in [0.2, 0.25) is 5.88 Å². The van der Waals surface area contributed by atoms with Gasteiger partial charge in [-0.3, -0.25) is 4.79 Å². The predicted molar refractivity (Wildman–Crippen MR) is 67.3 cm³/mol. The number of alkyl halides is 3. The Hall–Kier alpha value is -1.79. The zero-order valence-electron chi connectivity index (χ0n) is 11.5. The lowest BCUT2D eigenvalue weighted by atomic mass is 10.1. The standard InChI is InChI=1S/C13H17F3N2O2/c1-7(2)6-8(3)20-12-9(11(17)19)4-5-10(18-12)13(14,15)16/h4-5,7-8H,6H2,1-3H3,(H2,17,19). The fraction of sp³-hybridized carbons (Fsp3) is 0.538. The largest absolute Gasteiger partial charge is 0.474 e. The molecule has 0 spiro atoms. The second kappa shape index (κ2) is 6.11. The van der Waals surface area contributed by atoms with E-state index in [2.05, 4.69) is 4.98 Å². The van der Waals surface area contributed by atoms with Gasteiger partial charge >= 0.3 is 6.18 Å². The second-order valence-electron chi connectivity index (χ2n) is 4.97. The van der Waals surface area contributed by atoms with Gasteiger partial charge in [0.1, 0.15) is 11.3 Å². The highest BCUT2D eigenvalue weighted by Crippen LogP contribution is 2.30. The summed E-state index contributed by atoms with van der Waals surface area (Å²) in [5.41, 5.74) is 3.84. The molecule has 0 bridgehead atoms. The van der Waals surface area contributed by atoms with Gasteiger partial charge in [-0.15, -0.1) is 0 Å². The third-order valence-corrected chi connectivity index (χ3v) is 2.53. The van der Waals surface area contributed by atoms with Gasteiger partial charge in [0, 0.05) is 0 Å². The van der Waals surface area contributed by atoms with Crippen LogP contribution in [0.1, 0.15) is 43.2 Å². The summed E-state index contributed by atoms with van der Waals surface area (Å²) >= 11 is 0. The van der Waals surface area contributed by atoms with Gasteiger partial charge in [0.25, 0.3) is 5.91 Å². The van der Waals surface area contributed by atoms with Crippen LogP contribution in [-0.2, 0) is 6.18 Å². The monoisotopic (exact) mass is 290 g/mol. The summed E-state index contributed by atoms with van der Waals surface area (Å²) in [5.74, 6) is -0.953. The SMILES string of the molecule is CC(C)CC(C)Oc1nc(C(F)(F)F)ccc1C(N)=O. The molecule has 1 rings (SSSR count). The average Bonchev–Trinajstić information content (AvgIpc) is 2.25. The van der Waals surface area contributed by atoms with Crippen LogP contribution in [-0.4, -0.2) is 17.0 Å². The number of primary amides is 1. The third kappa shape index (κ3) is 4.40. The van der Waals surface area contributed by atoms with Crippen molar-refractivity contribution in [2.24, 2.45) is 11.7 Å². The molecule has 1 aromatic heterocycles. The summed E-state index contributed by atoms with van der Waals surface area (Å²) < 4.78 is 43.2. The summed E-state index contributed by atoms with van der Waals surface area (Å²) in [6.45, 7) is 5.61. The smallest absolute Gasteiger partial charge is 0.433 e. The number of halogens is 3. The Morgan fingerprint density at radius 2 is 1.95 bits per heavy atom.